The SMILES string of the molecule is CC(=O)O.CCN(CC)C(=O)c1ccc(F)cc1F. The Morgan fingerprint density at radius 2 is 1.68 bits per heavy atom. The van der Waals surface area contributed by atoms with Crippen molar-refractivity contribution in [3.05, 3.63) is 35.4 Å². The van der Waals surface area contributed by atoms with Gasteiger partial charge in [0.1, 0.15) is 11.6 Å². The third-order valence-corrected chi connectivity index (χ3v) is 2.21. The molecular weight excluding hydrogens is 256 g/mol. The largest absolute Gasteiger partial charge is 0.481 e. The van der Waals surface area contributed by atoms with E-state index in [1.165, 1.54) is 11.0 Å². The molecule has 0 fully saturated rings. The Hall–Kier alpha value is -1.98. The number of hydrogen-bond acceptors (Lipinski definition) is 2. The summed E-state index contributed by atoms with van der Waals surface area (Å²) >= 11 is 0. The Bertz CT molecular complexity index is 442. The Kier molecular flexibility index (Phi) is 7.33. The summed E-state index contributed by atoms with van der Waals surface area (Å²) in [5, 5.41) is 7.42. The van der Waals surface area contributed by atoms with E-state index in [4.69, 9.17) is 9.90 Å². The predicted octanol–water partition coefficient (Wildman–Crippen LogP) is 2.54. The lowest BCUT2D eigenvalue weighted by Crippen LogP contribution is -2.31. The molecule has 106 valence electrons. The second-order valence-electron chi connectivity index (χ2n) is 3.62. The van der Waals surface area contributed by atoms with Crippen LogP contribution in [0.25, 0.3) is 0 Å². The van der Waals surface area contributed by atoms with Gasteiger partial charge in [-0.2, -0.15) is 0 Å². The average molecular weight is 273 g/mol. The number of rotatable bonds is 3. The molecule has 4 nitrogen and oxygen atoms in total. The molecule has 0 aromatic heterocycles. The highest BCUT2D eigenvalue weighted by atomic mass is 19.1. The van der Waals surface area contributed by atoms with Gasteiger partial charge in [-0.05, 0) is 26.0 Å². The van der Waals surface area contributed by atoms with Gasteiger partial charge in [0.2, 0.25) is 0 Å². The summed E-state index contributed by atoms with van der Waals surface area (Å²) in [6, 6.07) is 2.97. The lowest BCUT2D eigenvalue weighted by molar-refractivity contribution is -0.134. The van der Waals surface area contributed by atoms with Gasteiger partial charge in [0.25, 0.3) is 11.9 Å². The number of halogens is 2. The predicted molar refractivity (Wildman–Crippen MR) is 66.9 cm³/mol. The number of aliphatic carboxylic acids is 1. The van der Waals surface area contributed by atoms with E-state index in [1.54, 1.807) is 0 Å². The molecule has 1 amide bonds. The van der Waals surface area contributed by atoms with Crippen molar-refractivity contribution in [2.75, 3.05) is 13.1 Å². The van der Waals surface area contributed by atoms with E-state index in [0.717, 1.165) is 19.1 Å². The quantitative estimate of drug-likeness (QED) is 0.920. The van der Waals surface area contributed by atoms with Gasteiger partial charge in [0.05, 0.1) is 5.56 Å². The van der Waals surface area contributed by atoms with Gasteiger partial charge in [0, 0.05) is 26.1 Å². The maximum Gasteiger partial charge on any atom is 0.300 e. The molecule has 1 aromatic rings. The van der Waals surface area contributed by atoms with E-state index < -0.39 is 23.5 Å². The van der Waals surface area contributed by atoms with E-state index >= 15 is 0 Å². The molecule has 0 spiro atoms. The van der Waals surface area contributed by atoms with E-state index in [-0.39, 0.29) is 5.56 Å². The number of carboxylic acids is 1. The second kappa shape index (κ2) is 8.18. The number of carbonyl (C=O) groups is 2. The third-order valence-electron chi connectivity index (χ3n) is 2.21. The van der Waals surface area contributed by atoms with Crippen LogP contribution >= 0.6 is 0 Å². The van der Waals surface area contributed by atoms with Crippen molar-refractivity contribution < 1.29 is 23.5 Å². The minimum atomic E-state index is -0.833. The number of benzene rings is 1. The first-order valence-corrected chi connectivity index (χ1v) is 5.77. The molecule has 0 saturated heterocycles. The van der Waals surface area contributed by atoms with Crippen molar-refractivity contribution in [2.24, 2.45) is 0 Å². The molecule has 0 heterocycles. The fourth-order valence-electron chi connectivity index (χ4n) is 1.34. The highest BCUT2D eigenvalue weighted by Gasteiger charge is 2.16. The Labute approximate surface area is 110 Å². The molecule has 6 heteroatoms. The molecule has 0 radical (unpaired) electrons. The van der Waals surface area contributed by atoms with Crippen molar-refractivity contribution in [3.8, 4) is 0 Å². The minimum absolute atomic E-state index is 0.0832. The van der Waals surface area contributed by atoms with Crippen LogP contribution in [-0.2, 0) is 4.79 Å². The van der Waals surface area contributed by atoms with Crippen LogP contribution in [-0.4, -0.2) is 35.0 Å². The summed E-state index contributed by atoms with van der Waals surface area (Å²) in [5.41, 5.74) is -0.0832. The highest BCUT2D eigenvalue weighted by molar-refractivity contribution is 5.94. The van der Waals surface area contributed by atoms with Crippen molar-refractivity contribution in [1.82, 2.24) is 4.90 Å². The zero-order valence-corrected chi connectivity index (χ0v) is 11.1. The Morgan fingerprint density at radius 3 is 2.05 bits per heavy atom. The van der Waals surface area contributed by atoms with Gasteiger partial charge >= 0.3 is 0 Å². The van der Waals surface area contributed by atoms with E-state index in [1.807, 2.05) is 13.8 Å². The van der Waals surface area contributed by atoms with Crippen LogP contribution in [0.1, 0.15) is 31.1 Å². The Balaban J connectivity index is 0.000000711. The van der Waals surface area contributed by atoms with Crippen LogP contribution in [0.3, 0.4) is 0 Å². The van der Waals surface area contributed by atoms with E-state index in [2.05, 4.69) is 0 Å². The van der Waals surface area contributed by atoms with Crippen LogP contribution in [0.5, 0.6) is 0 Å². The summed E-state index contributed by atoms with van der Waals surface area (Å²) in [7, 11) is 0. The first-order chi connectivity index (χ1) is 8.83. The maximum absolute atomic E-state index is 13.2. The number of amides is 1. The van der Waals surface area contributed by atoms with E-state index in [9.17, 15) is 13.6 Å². The molecule has 0 aliphatic heterocycles. The molecule has 1 N–H and O–H groups in total. The molecule has 0 saturated carbocycles. The fourth-order valence-corrected chi connectivity index (χ4v) is 1.34. The molecule has 1 rings (SSSR count). The number of nitrogens with zero attached hydrogens (tertiary/aromatic N) is 1. The monoisotopic (exact) mass is 273 g/mol. The second-order valence-corrected chi connectivity index (χ2v) is 3.62. The summed E-state index contributed by atoms with van der Waals surface area (Å²) in [4.78, 5) is 22.2. The van der Waals surface area contributed by atoms with Gasteiger partial charge < -0.3 is 10.0 Å². The zero-order valence-electron chi connectivity index (χ0n) is 11.1. The summed E-state index contributed by atoms with van der Waals surface area (Å²) in [6.45, 7) is 5.71. The number of carbonyl (C=O) groups excluding carboxylic acids is 1. The Morgan fingerprint density at radius 1 is 1.21 bits per heavy atom. The summed E-state index contributed by atoms with van der Waals surface area (Å²) < 4.78 is 25.9. The molecular formula is C13H17F2NO3. The maximum atomic E-state index is 13.2. The molecule has 1 aromatic carbocycles. The van der Waals surface area contributed by atoms with E-state index in [0.29, 0.717) is 13.1 Å². The van der Waals surface area contributed by atoms with Gasteiger partial charge in [-0.3, -0.25) is 9.59 Å². The first-order valence-electron chi connectivity index (χ1n) is 5.77. The standard InChI is InChI=1S/C11H13F2NO.C2H4O2/c1-3-14(4-2)11(15)9-6-5-8(12)7-10(9)13;1-2(3)4/h5-7H,3-4H2,1-2H3;1H3,(H,3,4). The van der Waals surface area contributed by atoms with Crippen LogP contribution in [0, 0.1) is 11.6 Å². The fraction of sp³-hybridized carbons (Fsp3) is 0.385. The summed E-state index contributed by atoms with van der Waals surface area (Å²) in [5.74, 6) is -2.73. The molecule has 0 aliphatic rings. The van der Waals surface area contributed by atoms with Gasteiger partial charge in [0.15, 0.2) is 0 Å². The average Bonchev–Trinajstić information content (AvgIpc) is 2.29. The lowest BCUT2D eigenvalue weighted by atomic mass is 10.2. The van der Waals surface area contributed by atoms with Crippen LogP contribution in [0.2, 0.25) is 0 Å². The smallest absolute Gasteiger partial charge is 0.300 e. The highest BCUT2D eigenvalue weighted by Crippen LogP contribution is 2.12. The third kappa shape index (κ3) is 5.94. The van der Waals surface area contributed by atoms with Crippen molar-refractivity contribution in [2.45, 2.75) is 20.8 Å². The lowest BCUT2D eigenvalue weighted by Gasteiger charge is -2.18. The van der Waals surface area contributed by atoms with Gasteiger partial charge in [-0.15, -0.1) is 0 Å². The molecule has 19 heavy (non-hydrogen) atoms. The molecule has 0 unspecified atom stereocenters. The van der Waals surface area contributed by atoms with Crippen LogP contribution < -0.4 is 0 Å². The van der Waals surface area contributed by atoms with Crippen LogP contribution in [0.15, 0.2) is 18.2 Å². The van der Waals surface area contributed by atoms with Crippen molar-refractivity contribution in [3.63, 3.8) is 0 Å². The van der Waals surface area contributed by atoms with Gasteiger partial charge in [-0.1, -0.05) is 0 Å². The summed E-state index contributed by atoms with van der Waals surface area (Å²) in [6.07, 6.45) is 0. The van der Waals surface area contributed by atoms with Crippen molar-refractivity contribution >= 4 is 11.9 Å². The minimum Gasteiger partial charge on any atom is -0.481 e. The molecule has 0 aliphatic carbocycles. The first kappa shape index (κ1) is 17.0. The number of hydrogen-bond donors (Lipinski definition) is 1. The topological polar surface area (TPSA) is 57.6 Å². The van der Waals surface area contributed by atoms with Gasteiger partial charge in [-0.25, -0.2) is 8.78 Å². The molecule has 0 bridgehead atoms. The van der Waals surface area contributed by atoms with Crippen LogP contribution in [0.4, 0.5) is 8.78 Å². The normalized spacial score (nSPS) is 9.32. The zero-order chi connectivity index (χ0) is 15.0. The molecule has 0 atom stereocenters. The number of carboxylic acid groups (broad SMARTS) is 1. The van der Waals surface area contributed by atoms with Crippen molar-refractivity contribution in [1.29, 1.82) is 0 Å².